The number of methoxy groups -OCH3 is 1. The van der Waals surface area contributed by atoms with E-state index in [0.29, 0.717) is 25.6 Å². The maximum absolute atomic E-state index is 11.9. The van der Waals surface area contributed by atoms with Crippen LogP contribution in [0.15, 0.2) is 53.7 Å². The van der Waals surface area contributed by atoms with Crippen molar-refractivity contribution in [2.75, 3.05) is 27.2 Å². The van der Waals surface area contributed by atoms with E-state index < -0.39 is 0 Å². The largest absolute Gasteiger partial charge is 0.473 e. The van der Waals surface area contributed by atoms with Gasteiger partial charge in [-0.3, -0.25) is 9.79 Å². The Labute approximate surface area is 194 Å². The van der Waals surface area contributed by atoms with Crippen molar-refractivity contribution in [3.05, 3.63) is 59.8 Å². The van der Waals surface area contributed by atoms with Gasteiger partial charge in [-0.15, -0.1) is 24.0 Å². The summed E-state index contributed by atoms with van der Waals surface area (Å²) in [7, 11) is 3.19. The van der Waals surface area contributed by atoms with Gasteiger partial charge in [0.1, 0.15) is 6.61 Å². The van der Waals surface area contributed by atoms with Gasteiger partial charge in [0.2, 0.25) is 5.88 Å². The number of hydrogen-bond donors (Lipinski definition) is 1. The maximum atomic E-state index is 11.9. The average molecular weight is 524 g/mol. The van der Waals surface area contributed by atoms with E-state index in [-0.39, 0.29) is 41.8 Å². The van der Waals surface area contributed by atoms with E-state index >= 15 is 0 Å². The first-order valence-corrected chi connectivity index (χ1v) is 9.75. The van der Waals surface area contributed by atoms with E-state index in [4.69, 9.17) is 9.47 Å². The van der Waals surface area contributed by atoms with Gasteiger partial charge in [-0.1, -0.05) is 37.3 Å². The van der Waals surface area contributed by atoms with Crippen LogP contribution in [0.4, 0.5) is 0 Å². The van der Waals surface area contributed by atoms with Crippen molar-refractivity contribution in [2.45, 2.75) is 20.1 Å². The van der Waals surface area contributed by atoms with Crippen LogP contribution in [0.1, 0.15) is 18.1 Å². The molecular weight excluding hydrogens is 495 g/mol. The summed E-state index contributed by atoms with van der Waals surface area (Å²) in [6.07, 6.45) is 1.74. The molecule has 2 heterocycles. The highest BCUT2D eigenvalue weighted by molar-refractivity contribution is 14.0. The summed E-state index contributed by atoms with van der Waals surface area (Å²) >= 11 is 0. The Morgan fingerprint density at radius 2 is 2.00 bits per heavy atom. The minimum Gasteiger partial charge on any atom is -0.473 e. The number of benzene rings is 1. The van der Waals surface area contributed by atoms with Crippen molar-refractivity contribution < 1.29 is 14.3 Å². The van der Waals surface area contributed by atoms with E-state index in [1.54, 1.807) is 13.2 Å². The molecule has 1 saturated heterocycles. The first-order chi connectivity index (χ1) is 14.1. The number of pyridine rings is 1. The maximum Gasteiger partial charge on any atom is 0.310 e. The van der Waals surface area contributed by atoms with E-state index in [0.717, 1.165) is 23.6 Å². The highest BCUT2D eigenvalue weighted by Crippen LogP contribution is 2.24. The Balaban J connectivity index is 0.00000320. The van der Waals surface area contributed by atoms with Crippen LogP contribution in [-0.4, -0.2) is 49.1 Å². The number of rotatable bonds is 6. The summed E-state index contributed by atoms with van der Waals surface area (Å²) in [6, 6.07) is 13.9. The van der Waals surface area contributed by atoms with Crippen molar-refractivity contribution in [1.82, 2.24) is 15.2 Å². The lowest BCUT2D eigenvalue weighted by atomic mass is 9.99. The Hall–Kier alpha value is -2.36. The Bertz CT molecular complexity index is 847. The number of nitrogens with zero attached hydrogens (tertiary/aromatic N) is 3. The summed E-state index contributed by atoms with van der Waals surface area (Å²) < 4.78 is 10.7. The van der Waals surface area contributed by atoms with Gasteiger partial charge in [0.05, 0.1) is 13.0 Å². The molecule has 0 saturated carbocycles. The highest BCUT2D eigenvalue weighted by Gasteiger charge is 2.36. The first-order valence-electron chi connectivity index (χ1n) is 9.75. The van der Waals surface area contributed by atoms with Crippen LogP contribution in [0.5, 0.6) is 5.88 Å². The number of ether oxygens (including phenoxy) is 2. The molecule has 162 valence electrons. The molecule has 3 rings (SSSR count). The van der Waals surface area contributed by atoms with Gasteiger partial charge in [-0.25, -0.2) is 4.98 Å². The fourth-order valence-corrected chi connectivity index (χ4v) is 3.48. The minimum absolute atomic E-state index is 0. The zero-order chi connectivity index (χ0) is 20.6. The number of nitrogens with one attached hydrogen (secondary N) is 1. The molecule has 0 aliphatic carbocycles. The van der Waals surface area contributed by atoms with Crippen LogP contribution in [-0.2, 0) is 22.7 Å². The molecule has 2 unspecified atom stereocenters. The molecule has 2 atom stereocenters. The van der Waals surface area contributed by atoms with Gasteiger partial charge in [-0.2, -0.15) is 0 Å². The predicted molar refractivity (Wildman–Crippen MR) is 127 cm³/mol. The summed E-state index contributed by atoms with van der Waals surface area (Å²) in [5.74, 6) is 1.29. The fraction of sp³-hybridized carbons (Fsp3) is 0.409. The summed E-state index contributed by atoms with van der Waals surface area (Å²) in [6.45, 7) is 4.50. The fourth-order valence-electron chi connectivity index (χ4n) is 3.48. The molecule has 0 bridgehead atoms. The number of halogens is 1. The van der Waals surface area contributed by atoms with Crippen molar-refractivity contribution in [2.24, 2.45) is 16.8 Å². The van der Waals surface area contributed by atoms with E-state index in [1.807, 2.05) is 42.5 Å². The van der Waals surface area contributed by atoms with Crippen LogP contribution in [0.25, 0.3) is 0 Å². The predicted octanol–water partition coefficient (Wildman–Crippen LogP) is 3.09. The van der Waals surface area contributed by atoms with Gasteiger partial charge >= 0.3 is 5.97 Å². The molecule has 1 aromatic carbocycles. The summed E-state index contributed by atoms with van der Waals surface area (Å²) in [4.78, 5) is 22.7. The second kappa shape index (κ2) is 11.7. The molecule has 0 spiro atoms. The van der Waals surface area contributed by atoms with Gasteiger partial charge in [0.25, 0.3) is 0 Å². The topological polar surface area (TPSA) is 76.1 Å². The van der Waals surface area contributed by atoms with Gasteiger partial charge < -0.3 is 19.7 Å². The molecule has 2 aromatic rings. The number of aliphatic imine (C=N–C) groups is 1. The smallest absolute Gasteiger partial charge is 0.310 e. The normalized spacial score (nSPS) is 18.5. The lowest BCUT2D eigenvalue weighted by molar-refractivity contribution is -0.145. The van der Waals surface area contributed by atoms with Gasteiger partial charge in [-0.05, 0) is 23.1 Å². The highest BCUT2D eigenvalue weighted by atomic mass is 127. The van der Waals surface area contributed by atoms with Crippen molar-refractivity contribution in [3.8, 4) is 5.88 Å². The molecule has 30 heavy (non-hydrogen) atoms. The van der Waals surface area contributed by atoms with Crippen LogP contribution in [0.2, 0.25) is 0 Å². The quantitative estimate of drug-likeness (QED) is 0.271. The number of esters is 1. The second-order valence-corrected chi connectivity index (χ2v) is 7.19. The molecule has 0 radical (unpaired) electrons. The zero-order valence-electron chi connectivity index (χ0n) is 17.6. The number of hydrogen-bond acceptors (Lipinski definition) is 5. The number of carbonyl (C=O) groups excluding carboxylic acids is 1. The third kappa shape index (κ3) is 6.32. The lowest BCUT2D eigenvalue weighted by Gasteiger charge is -2.21. The van der Waals surface area contributed by atoms with Crippen LogP contribution in [0, 0.1) is 11.8 Å². The molecule has 1 aromatic heterocycles. The number of guanidine groups is 1. The number of likely N-dealkylation sites (tertiary alicyclic amines) is 1. The molecule has 1 fully saturated rings. The zero-order valence-corrected chi connectivity index (χ0v) is 19.9. The Morgan fingerprint density at radius 3 is 2.70 bits per heavy atom. The van der Waals surface area contributed by atoms with Crippen molar-refractivity contribution in [3.63, 3.8) is 0 Å². The Morgan fingerprint density at radius 1 is 1.23 bits per heavy atom. The summed E-state index contributed by atoms with van der Waals surface area (Å²) in [5, 5.41) is 3.37. The van der Waals surface area contributed by atoms with Gasteiger partial charge in [0.15, 0.2) is 5.96 Å². The van der Waals surface area contributed by atoms with E-state index in [9.17, 15) is 4.79 Å². The van der Waals surface area contributed by atoms with Gasteiger partial charge in [0, 0.05) is 38.9 Å². The molecule has 1 aliphatic heterocycles. The SMILES string of the molecule is CN=C(NCc1ccnc(OCc2ccccc2)c1)N1CC(C)C(C(=O)OC)C1.I. The standard InChI is InChI=1S/C22H28N4O3.HI/c1-16-13-26(14-19(16)21(27)28-3)22(23-2)25-12-18-9-10-24-20(11-18)29-15-17-7-5-4-6-8-17;/h4-11,16,19H,12-15H2,1-3H3,(H,23,25);1H. The van der Waals surface area contributed by atoms with Crippen LogP contribution >= 0.6 is 24.0 Å². The first kappa shape index (κ1) is 23.9. The third-order valence-electron chi connectivity index (χ3n) is 5.11. The summed E-state index contributed by atoms with van der Waals surface area (Å²) in [5.41, 5.74) is 2.14. The van der Waals surface area contributed by atoms with Crippen LogP contribution in [0.3, 0.4) is 0 Å². The molecule has 8 heteroatoms. The number of carbonyl (C=O) groups is 1. The minimum atomic E-state index is -0.162. The van der Waals surface area contributed by atoms with Crippen molar-refractivity contribution >= 4 is 35.9 Å². The molecule has 1 N–H and O–H groups in total. The lowest BCUT2D eigenvalue weighted by Crippen LogP contribution is -2.40. The molecule has 7 nitrogen and oxygen atoms in total. The van der Waals surface area contributed by atoms with E-state index in [2.05, 4.69) is 27.1 Å². The monoisotopic (exact) mass is 524 g/mol. The molecular formula is C22H29IN4O3. The molecule has 0 amide bonds. The van der Waals surface area contributed by atoms with Crippen LogP contribution < -0.4 is 10.1 Å². The van der Waals surface area contributed by atoms with E-state index in [1.165, 1.54) is 7.11 Å². The molecule has 1 aliphatic rings. The average Bonchev–Trinajstić information content (AvgIpc) is 3.14. The number of aromatic nitrogens is 1. The Kier molecular flexibility index (Phi) is 9.35. The third-order valence-corrected chi connectivity index (χ3v) is 5.11. The van der Waals surface area contributed by atoms with Crippen molar-refractivity contribution in [1.29, 1.82) is 0 Å². The second-order valence-electron chi connectivity index (χ2n) is 7.19.